The summed E-state index contributed by atoms with van der Waals surface area (Å²) < 4.78 is 23.3. The SMILES string of the molecule is Cc1nc(COc2ccc(F)cc2C(C)O)no1. The number of ether oxygens (including phenoxy) is 1. The molecule has 5 nitrogen and oxygen atoms in total. The van der Waals surface area contributed by atoms with Crippen molar-refractivity contribution in [2.24, 2.45) is 0 Å². The lowest BCUT2D eigenvalue weighted by molar-refractivity contribution is 0.188. The van der Waals surface area contributed by atoms with Gasteiger partial charge in [-0.1, -0.05) is 5.16 Å². The van der Waals surface area contributed by atoms with Crippen molar-refractivity contribution >= 4 is 0 Å². The van der Waals surface area contributed by atoms with Gasteiger partial charge in [-0.2, -0.15) is 4.98 Å². The zero-order valence-corrected chi connectivity index (χ0v) is 10.1. The first kappa shape index (κ1) is 12.5. The van der Waals surface area contributed by atoms with E-state index in [1.165, 1.54) is 18.2 Å². The lowest BCUT2D eigenvalue weighted by atomic mass is 10.1. The highest BCUT2D eigenvalue weighted by molar-refractivity contribution is 5.35. The summed E-state index contributed by atoms with van der Waals surface area (Å²) in [6, 6.07) is 3.97. The predicted molar refractivity (Wildman–Crippen MR) is 60.4 cm³/mol. The van der Waals surface area contributed by atoms with E-state index in [0.717, 1.165) is 0 Å². The first-order valence-corrected chi connectivity index (χ1v) is 5.46. The van der Waals surface area contributed by atoms with Crippen LogP contribution in [0.15, 0.2) is 22.7 Å². The van der Waals surface area contributed by atoms with Gasteiger partial charge in [0.1, 0.15) is 11.6 Å². The van der Waals surface area contributed by atoms with E-state index in [2.05, 4.69) is 10.1 Å². The molecular formula is C12H13FN2O3. The monoisotopic (exact) mass is 252 g/mol. The molecule has 1 unspecified atom stereocenters. The first-order valence-electron chi connectivity index (χ1n) is 5.46. The van der Waals surface area contributed by atoms with Gasteiger partial charge in [-0.25, -0.2) is 4.39 Å². The Bertz CT molecular complexity index is 540. The lowest BCUT2D eigenvalue weighted by Crippen LogP contribution is -2.02. The zero-order chi connectivity index (χ0) is 13.1. The number of hydrogen-bond donors (Lipinski definition) is 1. The van der Waals surface area contributed by atoms with Gasteiger partial charge in [0, 0.05) is 12.5 Å². The van der Waals surface area contributed by atoms with Crippen molar-refractivity contribution in [1.29, 1.82) is 0 Å². The van der Waals surface area contributed by atoms with Crippen molar-refractivity contribution in [1.82, 2.24) is 10.1 Å². The Labute approximate surface area is 103 Å². The van der Waals surface area contributed by atoms with Gasteiger partial charge in [0.25, 0.3) is 0 Å². The molecule has 0 radical (unpaired) electrons. The lowest BCUT2D eigenvalue weighted by Gasteiger charge is -2.12. The van der Waals surface area contributed by atoms with Crippen molar-refractivity contribution < 1.29 is 18.8 Å². The summed E-state index contributed by atoms with van der Waals surface area (Å²) in [7, 11) is 0. The number of rotatable bonds is 4. The molecule has 1 heterocycles. The maximum Gasteiger partial charge on any atom is 0.223 e. The van der Waals surface area contributed by atoms with Crippen LogP contribution in [0.5, 0.6) is 5.75 Å². The van der Waals surface area contributed by atoms with Crippen molar-refractivity contribution in [2.75, 3.05) is 0 Å². The quantitative estimate of drug-likeness (QED) is 0.902. The molecule has 1 aromatic carbocycles. The Morgan fingerprint density at radius 2 is 2.28 bits per heavy atom. The van der Waals surface area contributed by atoms with Crippen LogP contribution in [0.3, 0.4) is 0 Å². The van der Waals surface area contributed by atoms with E-state index in [9.17, 15) is 9.50 Å². The van der Waals surface area contributed by atoms with E-state index >= 15 is 0 Å². The summed E-state index contributed by atoms with van der Waals surface area (Å²) in [5.41, 5.74) is 0.384. The van der Waals surface area contributed by atoms with Gasteiger partial charge in [0.2, 0.25) is 11.7 Å². The molecule has 6 heteroatoms. The van der Waals surface area contributed by atoms with Crippen molar-refractivity contribution in [3.05, 3.63) is 41.3 Å². The highest BCUT2D eigenvalue weighted by atomic mass is 19.1. The van der Waals surface area contributed by atoms with Crippen LogP contribution in [0.25, 0.3) is 0 Å². The minimum absolute atomic E-state index is 0.0999. The van der Waals surface area contributed by atoms with Crippen LogP contribution in [0, 0.1) is 12.7 Å². The molecule has 18 heavy (non-hydrogen) atoms. The summed E-state index contributed by atoms with van der Waals surface area (Å²) >= 11 is 0. The zero-order valence-electron chi connectivity index (χ0n) is 10.1. The normalized spacial score (nSPS) is 12.4. The molecule has 0 aliphatic rings. The van der Waals surface area contributed by atoms with E-state index in [0.29, 0.717) is 23.0 Å². The number of hydrogen-bond acceptors (Lipinski definition) is 5. The highest BCUT2D eigenvalue weighted by Crippen LogP contribution is 2.26. The van der Waals surface area contributed by atoms with Gasteiger partial charge >= 0.3 is 0 Å². The third-order valence-corrected chi connectivity index (χ3v) is 2.35. The molecule has 0 aliphatic heterocycles. The maximum atomic E-state index is 13.1. The fourth-order valence-corrected chi connectivity index (χ4v) is 1.52. The average molecular weight is 252 g/mol. The van der Waals surface area contributed by atoms with Gasteiger partial charge in [-0.3, -0.25) is 0 Å². The fraction of sp³-hybridized carbons (Fsp3) is 0.333. The highest BCUT2D eigenvalue weighted by Gasteiger charge is 2.12. The standard InChI is InChI=1S/C12H13FN2O3/c1-7(16)10-5-9(13)3-4-11(10)17-6-12-14-8(2)18-15-12/h3-5,7,16H,6H2,1-2H3. The number of aryl methyl sites for hydroxylation is 1. The fourth-order valence-electron chi connectivity index (χ4n) is 1.52. The molecule has 0 saturated heterocycles. The average Bonchev–Trinajstić information content (AvgIpc) is 2.73. The Morgan fingerprint density at radius 3 is 2.89 bits per heavy atom. The Balaban J connectivity index is 2.13. The molecule has 96 valence electrons. The van der Waals surface area contributed by atoms with Crippen LogP contribution in [0.4, 0.5) is 4.39 Å². The summed E-state index contributed by atoms with van der Waals surface area (Å²) in [5.74, 6) is 0.819. The molecule has 2 rings (SSSR count). The number of benzene rings is 1. The van der Waals surface area contributed by atoms with Crippen molar-refractivity contribution in [2.45, 2.75) is 26.6 Å². The third kappa shape index (κ3) is 2.84. The van der Waals surface area contributed by atoms with E-state index in [1.54, 1.807) is 13.8 Å². The number of aliphatic hydroxyl groups is 1. The Kier molecular flexibility index (Phi) is 3.57. The molecule has 0 fully saturated rings. The molecule has 0 amide bonds. The number of aliphatic hydroxyl groups excluding tert-OH is 1. The molecule has 0 spiro atoms. The number of aromatic nitrogens is 2. The minimum Gasteiger partial charge on any atom is -0.485 e. The molecule has 0 aliphatic carbocycles. The van der Waals surface area contributed by atoms with Crippen LogP contribution >= 0.6 is 0 Å². The molecule has 1 aromatic heterocycles. The Morgan fingerprint density at radius 1 is 1.50 bits per heavy atom. The molecule has 0 bridgehead atoms. The summed E-state index contributed by atoms with van der Waals surface area (Å²) in [5, 5.41) is 13.2. The molecule has 1 N–H and O–H groups in total. The number of nitrogens with zero attached hydrogens (tertiary/aromatic N) is 2. The van der Waals surface area contributed by atoms with E-state index < -0.39 is 11.9 Å². The summed E-state index contributed by atoms with van der Waals surface area (Å²) in [4.78, 5) is 3.98. The van der Waals surface area contributed by atoms with Crippen molar-refractivity contribution in [3.8, 4) is 5.75 Å². The van der Waals surface area contributed by atoms with Crippen LogP contribution in [-0.4, -0.2) is 15.2 Å². The van der Waals surface area contributed by atoms with E-state index in [4.69, 9.17) is 9.26 Å². The molecule has 2 aromatic rings. The maximum absolute atomic E-state index is 13.1. The third-order valence-electron chi connectivity index (χ3n) is 2.35. The second kappa shape index (κ2) is 5.14. The minimum atomic E-state index is -0.817. The van der Waals surface area contributed by atoms with Gasteiger partial charge in [-0.15, -0.1) is 0 Å². The summed E-state index contributed by atoms with van der Waals surface area (Å²) in [6.07, 6.45) is -0.817. The smallest absolute Gasteiger partial charge is 0.223 e. The summed E-state index contributed by atoms with van der Waals surface area (Å²) in [6.45, 7) is 3.32. The van der Waals surface area contributed by atoms with Gasteiger partial charge in [0.05, 0.1) is 6.10 Å². The predicted octanol–water partition coefficient (Wildman–Crippen LogP) is 2.15. The van der Waals surface area contributed by atoms with Gasteiger partial charge < -0.3 is 14.4 Å². The number of halogens is 1. The van der Waals surface area contributed by atoms with Crippen LogP contribution in [-0.2, 0) is 6.61 Å². The molecule has 1 atom stereocenters. The Hall–Kier alpha value is -1.95. The second-order valence-corrected chi connectivity index (χ2v) is 3.88. The second-order valence-electron chi connectivity index (χ2n) is 3.88. The van der Waals surface area contributed by atoms with E-state index in [-0.39, 0.29) is 6.61 Å². The van der Waals surface area contributed by atoms with Crippen LogP contribution in [0.2, 0.25) is 0 Å². The van der Waals surface area contributed by atoms with Gasteiger partial charge in [0.15, 0.2) is 6.61 Å². The first-order chi connectivity index (χ1) is 8.56. The van der Waals surface area contributed by atoms with Crippen LogP contribution in [0.1, 0.15) is 30.3 Å². The largest absolute Gasteiger partial charge is 0.485 e. The molecular weight excluding hydrogens is 239 g/mol. The van der Waals surface area contributed by atoms with E-state index in [1.807, 2.05) is 0 Å². The van der Waals surface area contributed by atoms with Gasteiger partial charge in [-0.05, 0) is 25.1 Å². The topological polar surface area (TPSA) is 68.4 Å². The molecule has 0 saturated carbocycles. The van der Waals surface area contributed by atoms with Crippen LogP contribution < -0.4 is 4.74 Å². The van der Waals surface area contributed by atoms with Crippen molar-refractivity contribution in [3.63, 3.8) is 0 Å².